The van der Waals surface area contributed by atoms with Gasteiger partial charge in [-0.25, -0.2) is 0 Å². The molecule has 2 aliphatic rings. The molecular formula is C27H34N4O2. The molecule has 1 fully saturated rings. The molecule has 0 aromatic heterocycles. The van der Waals surface area contributed by atoms with Crippen molar-refractivity contribution in [2.45, 2.75) is 50.6 Å². The third-order valence-corrected chi connectivity index (χ3v) is 7.01. The first kappa shape index (κ1) is 23.2. The molecule has 0 bridgehead atoms. The van der Waals surface area contributed by atoms with Crippen molar-refractivity contribution in [3.05, 3.63) is 65.2 Å². The first-order valence-electron chi connectivity index (χ1n) is 11.9. The Hall–Kier alpha value is -2.99. The van der Waals surface area contributed by atoms with Crippen LogP contribution < -0.4 is 5.32 Å². The van der Waals surface area contributed by atoms with Crippen LogP contribution in [0, 0.1) is 0 Å². The van der Waals surface area contributed by atoms with Crippen LogP contribution in [0.1, 0.15) is 60.0 Å². The Morgan fingerprint density at radius 2 is 1.70 bits per heavy atom. The highest BCUT2D eigenvalue weighted by Gasteiger charge is 2.36. The SMILES string of the molecule is CCN(C)C(=O)c1ccc2c(c1)NC(=O)C2C(=NC1CCC(N(C)C)CC1)c1ccccc1. The van der Waals surface area contributed by atoms with Crippen molar-refractivity contribution >= 4 is 23.2 Å². The van der Waals surface area contributed by atoms with E-state index in [4.69, 9.17) is 4.99 Å². The highest BCUT2D eigenvalue weighted by Crippen LogP contribution is 2.37. The topological polar surface area (TPSA) is 65.0 Å². The van der Waals surface area contributed by atoms with E-state index >= 15 is 0 Å². The molecule has 33 heavy (non-hydrogen) atoms. The van der Waals surface area contributed by atoms with E-state index in [9.17, 15) is 9.59 Å². The lowest BCUT2D eigenvalue weighted by Crippen LogP contribution is -2.34. The van der Waals surface area contributed by atoms with Crippen LogP contribution in [0.3, 0.4) is 0 Å². The van der Waals surface area contributed by atoms with Gasteiger partial charge in [-0.05, 0) is 70.0 Å². The quantitative estimate of drug-likeness (QED) is 0.677. The summed E-state index contributed by atoms with van der Waals surface area (Å²) in [6, 6.07) is 16.4. The summed E-state index contributed by atoms with van der Waals surface area (Å²) >= 11 is 0. The molecule has 0 saturated heterocycles. The molecule has 1 saturated carbocycles. The van der Waals surface area contributed by atoms with Gasteiger partial charge in [0.05, 0.1) is 11.8 Å². The van der Waals surface area contributed by atoms with Gasteiger partial charge in [-0.1, -0.05) is 36.4 Å². The molecule has 1 aliphatic carbocycles. The van der Waals surface area contributed by atoms with Crippen molar-refractivity contribution < 1.29 is 9.59 Å². The maximum Gasteiger partial charge on any atom is 0.253 e. The van der Waals surface area contributed by atoms with Crippen LogP contribution >= 0.6 is 0 Å². The van der Waals surface area contributed by atoms with E-state index in [1.54, 1.807) is 18.0 Å². The summed E-state index contributed by atoms with van der Waals surface area (Å²) in [6.45, 7) is 2.57. The molecule has 2 amide bonds. The summed E-state index contributed by atoms with van der Waals surface area (Å²) in [5.41, 5.74) is 3.98. The zero-order valence-electron chi connectivity index (χ0n) is 20.0. The lowest BCUT2D eigenvalue weighted by Gasteiger charge is -2.31. The lowest BCUT2D eigenvalue weighted by atomic mass is 9.87. The Labute approximate surface area is 196 Å². The third-order valence-electron chi connectivity index (χ3n) is 7.01. The second-order valence-corrected chi connectivity index (χ2v) is 9.35. The first-order valence-corrected chi connectivity index (χ1v) is 11.9. The minimum absolute atomic E-state index is 0.0485. The number of nitrogens with zero attached hydrogens (tertiary/aromatic N) is 3. The Morgan fingerprint density at radius 3 is 2.33 bits per heavy atom. The zero-order chi connectivity index (χ0) is 23.5. The van der Waals surface area contributed by atoms with Crippen LogP contribution in [0.25, 0.3) is 0 Å². The van der Waals surface area contributed by atoms with Gasteiger partial charge in [0.1, 0.15) is 5.92 Å². The van der Waals surface area contributed by atoms with Crippen LogP contribution in [0.4, 0.5) is 5.69 Å². The average Bonchev–Trinajstić information content (AvgIpc) is 3.17. The van der Waals surface area contributed by atoms with Crippen molar-refractivity contribution in [2.24, 2.45) is 4.99 Å². The molecule has 1 aliphatic heterocycles. The number of hydrogen-bond acceptors (Lipinski definition) is 4. The van der Waals surface area contributed by atoms with E-state index in [0.29, 0.717) is 23.8 Å². The molecule has 1 N–H and O–H groups in total. The molecule has 1 unspecified atom stereocenters. The number of carbonyl (C=O) groups excluding carboxylic acids is 2. The van der Waals surface area contributed by atoms with Gasteiger partial charge in [0, 0.05) is 30.9 Å². The Balaban J connectivity index is 1.68. The maximum absolute atomic E-state index is 13.2. The molecule has 0 spiro atoms. The highest BCUT2D eigenvalue weighted by molar-refractivity contribution is 6.24. The molecule has 6 heteroatoms. The van der Waals surface area contributed by atoms with Crippen LogP contribution in [0.15, 0.2) is 53.5 Å². The third kappa shape index (κ3) is 4.86. The molecule has 4 rings (SSSR count). The number of amides is 2. The van der Waals surface area contributed by atoms with Gasteiger partial charge in [0.2, 0.25) is 5.91 Å². The number of anilines is 1. The molecule has 2 aromatic rings. The summed E-state index contributed by atoms with van der Waals surface area (Å²) in [5, 5.41) is 3.01. The van der Waals surface area contributed by atoms with Crippen molar-refractivity contribution in [1.29, 1.82) is 0 Å². The van der Waals surface area contributed by atoms with Crippen molar-refractivity contribution in [1.82, 2.24) is 9.80 Å². The fourth-order valence-corrected chi connectivity index (χ4v) is 4.86. The number of nitrogens with one attached hydrogen (secondary N) is 1. The predicted octanol–water partition coefficient (Wildman–Crippen LogP) is 4.18. The molecule has 174 valence electrons. The van der Waals surface area contributed by atoms with Gasteiger partial charge in [-0.3, -0.25) is 14.6 Å². The van der Waals surface area contributed by atoms with E-state index in [2.05, 4.69) is 24.3 Å². The van der Waals surface area contributed by atoms with Crippen molar-refractivity contribution in [2.75, 3.05) is 33.0 Å². The first-order chi connectivity index (χ1) is 15.9. The minimum Gasteiger partial charge on any atom is -0.342 e. The predicted molar refractivity (Wildman–Crippen MR) is 133 cm³/mol. The zero-order valence-corrected chi connectivity index (χ0v) is 20.0. The van der Waals surface area contributed by atoms with E-state index in [0.717, 1.165) is 42.5 Å². The summed E-state index contributed by atoms with van der Waals surface area (Å²) in [6.07, 6.45) is 4.29. The Morgan fingerprint density at radius 1 is 1.00 bits per heavy atom. The standard InChI is InChI=1S/C27H34N4O2/c1-5-31(4)27(33)19-11-16-22-23(17-19)29-26(32)24(22)25(18-9-7-6-8-10-18)28-20-12-14-21(15-13-20)30(2)3/h6-11,16-17,20-21,24H,5,12-15H2,1-4H3,(H,29,32). The number of benzene rings is 2. The summed E-state index contributed by atoms with van der Waals surface area (Å²) in [4.78, 5) is 35.0. The molecule has 0 radical (unpaired) electrons. The Kier molecular flexibility index (Phi) is 6.94. The van der Waals surface area contributed by atoms with Crippen LogP contribution in [0.5, 0.6) is 0 Å². The van der Waals surface area contributed by atoms with Crippen molar-refractivity contribution in [3.8, 4) is 0 Å². The van der Waals surface area contributed by atoms with E-state index in [-0.39, 0.29) is 17.9 Å². The fourth-order valence-electron chi connectivity index (χ4n) is 4.86. The normalized spacial score (nSPS) is 22.8. The van der Waals surface area contributed by atoms with Gasteiger partial charge < -0.3 is 15.1 Å². The largest absolute Gasteiger partial charge is 0.342 e. The maximum atomic E-state index is 13.2. The number of hydrogen-bond donors (Lipinski definition) is 1. The van der Waals surface area contributed by atoms with Gasteiger partial charge >= 0.3 is 0 Å². The van der Waals surface area contributed by atoms with Crippen LogP contribution in [-0.4, -0.2) is 67.1 Å². The second kappa shape index (κ2) is 9.87. The molecule has 6 nitrogen and oxygen atoms in total. The lowest BCUT2D eigenvalue weighted by molar-refractivity contribution is -0.115. The van der Waals surface area contributed by atoms with Crippen LogP contribution in [-0.2, 0) is 4.79 Å². The average molecular weight is 447 g/mol. The van der Waals surface area contributed by atoms with Gasteiger partial charge in [0.25, 0.3) is 5.91 Å². The Bertz CT molecular complexity index is 1040. The highest BCUT2D eigenvalue weighted by atomic mass is 16.2. The van der Waals surface area contributed by atoms with Gasteiger partial charge in [0.15, 0.2) is 0 Å². The summed E-state index contributed by atoms with van der Waals surface area (Å²) < 4.78 is 0. The van der Waals surface area contributed by atoms with Gasteiger partial charge in [-0.15, -0.1) is 0 Å². The molecule has 2 aromatic carbocycles. The number of fused-ring (bicyclic) bond motifs is 1. The van der Waals surface area contributed by atoms with E-state index in [1.165, 1.54) is 0 Å². The van der Waals surface area contributed by atoms with Crippen molar-refractivity contribution in [3.63, 3.8) is 0 Å². The summed E-state index contributed by atoms with van der Waals surface area (Å²) in [5.74, 6) is -0.599. The van der Waals surface area contributed by atoms with E-state index in [1.807, 2.05) is 49.4 Å². The fraction of sp³-hybridized carbons (Fsp3) is 0.444. The number of carbonyl (C=O) groups is 2. The monoisotopic (exact) mass is 446 g/mol. The number of rotatable bonds is 6. The summed E-state index contributed by atoms with van der Waals surface area (Å²) in [7, 11) is 6.06. The molecule has 1 heterocycles. The second-order valence-electron chi connectivity index (χ2n) is 9.35. The number of aliphatic imine (C=N–C) groups is 1. The minimum atomic E-state index is -0.470. The molecular weight excluding hydrogens is 412 g/mol. The van der Waals surface area contributed by atoms with E-state index < -0.39 is 5.92 Å². The molecule has 1 atom stereocenters. The van der Waals surface area contributed by atoms with Gasteiger partial charge in [-0.2, -0.15) is 0 Å². The van der Waals surface area contributed by atoms with Crippen LogP contribution in [0.2, 0.25) is 0 Å². The smallest absolute Gasteiger partial charge is 0.253 e.